The molecular weight excluding hydrogens is 585 g/mol. The van der Waals surface area contributed by atoms with E-state index in [1.807, 2.05) is 0 Å². The highest BCUT2D eigenvalue weighted by Gasteiger charge is 2.56. The number of nitrogens with one attached hydrogen (secondary N) is 1. The number of thiophene rings is 1. The number of fused-ring (bicyclic) bond motifs is 1. The first-order valence-electron chi connectivity index (χ1n) is 12.7. The summed E-state index contributed by atoms with van der Waals surface area (Å²) in [6.07, 6.45) is -4.06. The average Bonchev–Trinajstić information content (AvgIpc) is 3.43. The monoisotopic (exact) mass is 614 g/mol. The summed E-state index contributed by atoms with van der Waals surface area (Å²) in [5.41, 5.74) is 3.88. The minimum atomic E-state index is -4.67. The SMILES string of the molecule is CO[C@@H](c1cc(Cl)cs1)C(NC(=O)C(C)(C)N)C(=O)N1CCC2(Cc3ccccn3)C(=O)N(CC(F)(F)F)N=C2C1. The number of likely N-dealkylation sites (tertiary alicyclic amines) is 1. The van der Waals surface area contributed by atoms with Gasteiger partial charge in [0.1, 0.15) is 24.1 Å². The number of hydrogen-bond acceptors (Lipinski definition) is 8. The summed E-state index contributed by atoms with van der Waals surface area (Å²) in [6, 6.07) is 5.45. The van der Waals surface area contributed by atoms with E-state index >= 15 is 0 Å². The number of hydrazone groups is 1. The van der Waals surface area contributed by atoms with Gasteiger partial charge in [-0.1, -0.05) is 17.7 Å². The molecule has 2 aliphatic rings. The zero-order valence-corrected chi connectivity index (χ0v) is 24.1. The van der Waals surface area contributed by atoms with Crippen LogP contribution in [0.25, 0.3) is 0 Å². The number of ether oxygens (including phenoxy) is 1. The van der Waals surface area contributed by atoms with Gasteiger partial charge in [0.25, 0.3) is 5.91 Å². The summed E-state index contributed by atoms with van der Waals surface area (Å²) in [5.74, 6) is -1.98. The molecule has 222 valence electrons. The molecule has 0 saturated carbocycles. The van der Waals surface area contributed by atoms with Crippen LogP contribution in [0.2, 0.25) is 5.02 Å². The maximum Gasteiger partial charge on any atom is 0.408 e. The molecule has 3 atom stereocenters. The summed E-state index contributed by atoms with van der Waals surface area (Å²) < 4.78 is 45.6. The Morgan fingerprint density at radius 2 is 2.05 bits per heavy atom. The Labute approximate surface area is 243 Å². The molecule has 2 aromatic rings. The predicted octanol–water partition coefficient (Wildman–Crippen LogP) is 2.93. The van der Waals surface area contributed by atoms with Crippen LogP contribution in [-0.4, -0.2) is 82.8 Å². The number of amides is 3. The first kappa shape index (κ1) is 30.9. The Morgan fingerprint density at radius 1 is 1.32 bits per heavy atom. The van der Waals surface area contributed by atoms with Gasteiger partial charge in [-0.05, 0) is 38.5 Å². The van der Waals surface area contributed by atoms with Crippen LogP contribution < -0.4 is 11.1 Å². The van der Waals surface area contributed by atoms with E-state index in [1.54, 1.807) is 29.6 Å². The molecule has 1 fully saturated rings. The third kappa shape index (κ3) is 6.71. The topological polar surface area (TPSA) is 130 Å². The van der Waals surface area contributed by atoms with Gasteiger partial charge in [-0.25, -0.2) is 5.01 Å². The van der Waals surface area contributed by atoms with E-state index < -0.39 is 53.5 Å². The number of methoxy groups -OCH3 is 1. The molecule has 3 N–H and O–H groups in total. The van der Waals surface area contributed by atoms with Crippen molar-refractivity contribution in [1.29, 1.82) is 0 Å². The fraction of sp³-hybridized carbons (Fsp3) is 0.500. The number of rotatable bonds is 9. The van der Waals surface area contributed by atoms with Gasteiger partial charge in [0.05, 0.1) is 22.8 Å². The van der Waals surface area contributed by atoms with Crippen LogP contribution in [0.5, 0.6) is 0 Å². The summed E-state index contributed by atoms with van der Waals surface area (Å²) in [6.45, 7) is 1.19. The fourth-order valence-corrected chi connectivity index (χ4v) is 6.10. The van der Waals surface area contributed by atoms with Crippen LogP contribution in [0.15, 0.2) is 40.9 Å². The number of pyridine rings is 1. The minimum Gasteiger partial charge on any atom is -0.373 e. The Morgan fingerprint density at radius 3 is 2.61 bits per heavy atom. The van der Waals surface area contributed by atoms with Crippen LogP contribution in [0.3, 0.4) is 0 Å². The Bertz CT molecular complexity index is 1330. The summed E-state index contributed by atoms with van der Waals surface area (Å²) in [4.78, 5) is 46.5. The lowest BCUT2D eigenvalue weighted by Crippen LogP contribution is -2.61. The first-order chi connectivity index (χ1) is 19.1. The number of carbonyl (C=O) groups excluding carboxylic acids is 3. The quantitative estimate of drug-likeness (QED) is 0.447. The molecule has 41 heavy (non-hydrogen) atoms. The van der Waals surface area contributed by atoms with Crippen molar-refractivity contribution in [3.8, 4) is 0 Å². The molecule has 2 unspecified atom stereocenters. The zero-order valence-electron chi connectivity index (χ0n) is 22.6. The van der Waals surface area contributed by atoms with Crippen molar-refractivity contribution >= 4 is 46.4 Å². The number of halogens is 4. The van der Waals surface area contributed by atoms with Gasteiger partial charge in [0.2, 0.25) is 11.8 Å². The molecule has 15 heteroatoms. The molecule has 4 rings (SSSR count). The number of nitrogens with two attached hydrogens (primary N) is 1. The highest BCUT2D eigenvalue weighted by atomic mass is 35.5. The molecule has 0 radical (unpaired) electrons. The summed E-state index contributed by atoms with van der Waals surface area (Å²) in [5, 5.41) is 9.24. The number of nitrogens with zero attached hydrogens (tertiary/aromatic N) is 4. The van der Waals surface area contributed by atoms with E-state index in [0.717, 1.165) is 0 Å². The lowest BCUT2D eigenvalue weighted by molar-refractivity contribution is -0.163. The van der Waals surface area contributed by atoms with Gasteiger partial charge in [-0.15, -0.1) is 11.3 Å². The molecule has 4 heterocycles. The first-order valence-corrected chi connectivity index (χ1v) is 13.9. The van der Waals surface area contributed by atoms with Gasteiger partial charge < -0.3 is 20.7 Å². The van der Waals surface area contributed by atoms with Crippen molar-refractivity contribution in [3.05, 3.63) is 51.4 Å². The molecule has 10 nitrogen and oxygen atoms in total. The third-order valence-corrected chi connectivity index (χ3v) is 8.34. The molecule has 2 aromatic heterocycles. The van der Waals surface area contributed by atoms with Crippen molar-refractivity contribution in [2.75, 3.05) is 26.7 Å². The second kappa shape index (κ2) is 11.7. The number of alkyl halides is 3. The Kier molecular flexibility index (Phi) is 8.79. The molecule has 2 aliphatic heterocycles. The van der Waals surface area contributed by atoms with E-state index in [2.05, 4.69) is 15.4 Å². The predicted molar refractivity (Wildman–Crippen MR) is 146 cm³/mol. The lowest BCUT2D eigenvalue weighted by Gasteiger charge is -2.40. The van der Waals surface area contributed by atoms with Crippen molar-refractivity contribution in [2.24, 2.45) is 16.3 Å². The number of aromatic nitrogens is 1. The smallest absolute Gasteiger partial charge is 0.373 e. The summed E-state index contributed by atoms with van der Waals surface area (Å²) in [7, 11) is 1.38. The van der Waals surface area contributed by atoms with Crippen LogP contribution in [-0.2, 0) is 25.5 Å². The van der Waals surface area contributed by atoms with Crippen LogP contribution in [0.4, 0.5) is 13.2 Å². The van der Waals surface area contributed by atoms with E-state index in [4.69, 9.17) is 22.1 Å². The maximum atomic E-state index is 14.0. The molecule has 0 bridgehead atoms. The Balaban J connectivity index is 1.67. The van der Waals surface area contributed by atoms with E-state index in [-0.39, 0.29) is 31.6 Å². The molecular formula is C26H30ClF3N6O4S. The molecule has 1 saturated heterocycles. The van der Waals surface area contributed by atoms with Gasteiger partial charge in [-0.2, -0.15) is 18.3 Å². The van der Waals surface area contributed by atoms with Crippen molar-refractivity contribution in [3.63, 3.8) is 0 Å². The third-order valence-electron chi connectivity index (χ3n) is 7.00. The van der Waals surface area contributed by atoms with Gasteiger partial charge >= 0.3 is 6.18 Å². The standard InChI is InChI=1S/C26H30ClF3N6O4S/c1-24(2,31)22(38)33-19(20(40-3)17-10-15(27)13-41-17)21(37)35-9-7-25(11-16-6-4-5-8-32-16)18(12-35)34-36(23(25)39)14-26(28,29)30/h4-6,8,10,13,19-20H,7,9,11-12,14,31H2,1-3H3,(H,33,38)/t19?,20-,25?/m0/s1. The number of piperidine rings is 1. The second-order valence-corrected chi connectivity index (χ2v) is 12.0. The normalized spacial score (nSPS) is 20.9. The Hall–Kier alpha value is -3.07. The van der Waals surface area contributed by atoms with Crippen LogP contribution in [0, 0.1) is 5.41 Å². The number of hydrogen-bond donors (Lipinski definition) is 2. The molecule has 0 aliphatic carbocycles. The maximum absolute atomic E-state index is 14.0. The highest BCUT2D eigenvalue weighted by Crippen LogP contribution is 2.41. The number of carbonyl (C=O) groups is 3. The van der Waals surface area contributed by atoms with Crippen molar-refractivity contribution < 1.29 is 32.3 Å². The second-order valence-electron chi connectivity index (χ2n) is 10.6. The zero-order chi connectivity index (χ0) is 30.2. The lowest BCUT2D eigenvalue weighted by atomic mass is 9.73. The van der Waals surface area contributed by atoms with E-state index in [9.17, 15) is 27.6 Å². The van der Waals surface area contributed by atoms with Crippen molar-refractivity contribution in [1.82, 2.24) is 20.2 Å². The fourth-order valence-electron chi connectivity index (χ4n) is 4.90. The minimum absolute atomic E-state index is 0.00681. The molecule has 0 aromatic carbocycles. The highest BCUT2D eigenvalue weighted by molar-refractivity contribution is 7.10. The van der Waals surface area contributed by atoms with Crippen LogP contribution in [0.1, 0.15) is 36.9 Å². The largest absolute Gasteiger partial charge is 0.408 e. The van der Waals surface area contributed by atoms with Gasteiger partial charge in [-0.3, -0.25) is 19.4 Å². The van der Waals surface area contributed by atoms with E-state index in [1.165, 1.54) is 43.4 Å². The molecule has 3 amide bonds. The van der Waals surface area contributed by atoms with Gasteiger partial charge in [0.15, 0.2) is 0 Å². The van der Waals surface area contributed by atoms with Crippen LogP contribution >= 0.6 is 22.9 Å². The summed E-state index contributed by atoms with van der Waals surface area (Å²) >= 11 is 7.34. The van der Waals surface area contributed by atoms with Crippen molar-refractivity contribution in [2.45, 2.75) is 50.6 Å². The van der Waals surface area contributed by atoms with Gasteiger partial charge in [0, 0.05) is 42.2 Å². The molecule has 0 spiro atoms. The average molecular weight is 615 g/mol. The van der Waals surface area contributed by atoms with E-state index in [0.29, 0.717) is 20.6 Å².